The fourth-order valence-corrected chi connectivity index (χ4v) is 3.87. The highest BCUT2D eigenvalue weighted by Crippen LogP contribution is 2.22. The first kappa shape index (κ1) is 17.1. The Morgan fingerprint density at radius 1 is 1.12 bits per heavy atom. The summed E-state index contributed by atoms with van der Waals surface area (Å²) < 4.78 is 0. The van der Waals surface area contributed by atoms with Gasteiger partial charge in [0.25, 0.3) is 0 Å². The van der Waals surface area contributed by atoms with Crippen LogP contribution in [0.15, 0.2) is 18.5 Å². The molecule has 1 aliphatic carbocycles. The molecular weight excluding hydrogens is 302 g/mol. The highest BCUT2D eigenvalue weighted by atomic mass is 16.2. The van der Waals surface area contributed by atoms with Gasteiger partial charge >= 0.3 is 0 Å². The predicted octanol–water partition coefficient (Wildman–Crippen LogP) is 1.78. The Morgan fingerprint density at radius 3 is 2.42 bits per heavy atom. The van der Waals surface area contributed by atoms with Crippen LogP contribution in [0.2, 0.25) is 0 Å². The largest absolute Gasteiger partial charge is 0.339 e. The van der Waals surface area contributed by atoms with Crippen LogP contribution in [-0.4, -0.2) is 71.0 Å². The van der Waals surface area contributed by atoms with Crippen molar-refractivity contribution in [1.82, 2.24) is 19.8 Å². The first-order valence-corrected chi connectivity index (χ1v) is 9.31. The van der Waals surface area contributed by atoms with Crippen LogP contribution in [0.3, 0.4) is 0 Å². The topological polar surface area (TPSA) is 52.6 Å². The Morgan fingerprint density at radius 2 is 1.79 bits per heavy atom. The summed E-state index contributed by atoms with van der Waals surface area (Å²) in [6.07, 6.45) is 9.78. The third kappa shape index (κ3) is 4.23. The van der Waals surface area contributed by atoms with Crippen LogP contribution in [0.1, 0.15) is 39.0 Å². The maximum atomic E-state index is 12.7. The summed E-state index contributed by atoms with van der Waals surface area (Å²) >= 11 is 0. The lowest BCUT2D eigenvalue weighted by Gasteiger charge is -2.37. The molecule has 24 heavy (non-hydrogen) atoms. The molecule has 1 saturated heterocycles. The molecule has 132 valence electrons. The molecule has 3 rings (SSSR count). The fraction of sp³-hybridized carbons (Fsp3) is 0.722. The molecule has 1 aliphatic heterocycles. The SMILES string of the molecule is CCN(C(=O)CN1CCN(c2ncccn2)CC1)C1CCCCC1. The van der Waals surface area contributed by atoms with Crippen molar-refractivity contribution >= 4 is 11.9 Å². The number of aromatic nitrogens is 2. The lowest BCUT2D eigenvalue weighted by atomic mass is 9.94. The molecule has 6 heteroatoms. The smallest absolute Gasteiger partial charge is 0.236 e. The molecule has 0 unspecified atom stereocenters. The van der Waals surface area contributed by atoms with E-state index >= 15 is 0 Å². The number of nitrogens with zero attached hydrogens (tertiary/aromatic N) is 5. The Labute approximate surface area is 144 Å². The van der Waals surface area contributed by atoms with Crippen molar-refractivity contribution in [2.75, 3.05) is 44.2 Å². The van der Waals surface area contributed by atoms with Gasteiger partial charge in [0.2, 0.25) is 11.9 Å². The molecule has 0 radical (unpaired) electrons. The number of carbonyl (C=O) groups excluding carboxylic acids is 1. The molecule has 1 amide bonds. The van der Waals surface area contributed by atoms with Crippen molar-refractivity contribution in [3.05, 3.63) is 18.5 Å². The summed E-state index contributed by atoms with van der Waals surface area (Å²) in [6, 6.07) is 2.30. The van der Waals surface area contributed by atoms with Crippen molar-refractivity contribution < 1.29 is 4.79 Å². The van der Waals surface area contributed by atoms with E-state index in [2.05, 4.69) is 31.6 Å². The van der Waals surface area contributed by atoms with E-state index in [9.17, 15) is 4.79 Å². The quantitative estimate of drug-likeness (QED) is 0.823. The molecule has 0 spiro atoms. The highest BCUT2D eigenvalue weighted by molar-refractivity contribution is 5.78. The molecule has 6 nitrogen and oxygen atoms in total. The summed E-state index contributed by atoms with van der Waals surface area (Å²) in [5.41, 5.74) is 0. The van der Waals surface area contributed by atoms with E-state index in [0.717, 1.165) is 38.7 Å². The Balaban J connectivity index is 1.48. The van der Waals surface area contributed by atoms with Crippen molar-refractivity contribution in [1.29, 1.82) is 0 Å². The molecule has 1 aromatic rings. The third-order valence-electron chi connectivity index (χ3n) is 5.24. The minimum absolute atomic E-state index is 0.300. The van der Waals surface area contributed by atoms with E-state index in [0.29, 0.717) is 18.5 Å². The van der Waals surface area contributed by atoms with Gasteiger partial charge in [-0.15, -0.1) is 0 Å². The Bertz CT molecular complexity index is 509. The van der Waals surface area contributed by atoms with Gasteiger partial charge in [-0.05, 0) is 25.8 Å². The standard InChI is InChI=1S/C18H29N5O/c1-2-23(16-7-4-3-5-8-16)17(24)15-21-11-13-22(14-12-21)18-19-9-6-10-20-18/h6,9-10,16H,2-5,7-8,11-15H2,1H3. The van der Waals surface area contributed by atoms with E-state index in [1.54, 1.807) is 12.4 Å². The average Bonchev–Trinajstić information content (AvgIpc) is 2.64. The van der Waals surface area contributed by atoms with Gasteiger partial charge in [0.05, 0.1) is 6.54 Å². The Kier molecular flexibility index (Phi) is 6.01. The number of likely N-dealkylation sites (N-methyl/N-ethyl adjacent to an activating group) is 1. The normalized spacial score (nSPS) is 20.1. The van der Waals surface area contributed by atoms with Crippen LogP contribution in [0, 0.1) is 0 Å². The van der Waals surface area contributed by atoms with E-state index in [-0.39, 0.29) is 0 Å². The highest BCUT2D eigenvalue weighted by Gasteiger charge is 2.27. The lowest BCUT2D eigenvalue weighted by molar-refractivity contribution is -0.135. The van der Waals surface area contributed by atoms with Crippen molar-refractivity contribution in [2.24, 2.45) is 0 Å². The summed E-state index contributed by atoms with van der Waals surface area (Å²) in [5.74, 6) is 1.09. The molecule has 0 bridgehead atoms. The zero-order valence-electron chi connectivity index (χ0n) is 14.7. The zero-order chi connectivity index (χ0) is 16.8. The van der Waals surface area contributed by atoms with Gasteiger partial charge in [-0.2, -0.15) is 0 Å². The second-order valence-corrected chi connectivity index (χ2v) is 6.78. The Hall–Kier alpha value is -1.69. The summed E-state index contributed by atoms with van der Waals surface area (Å²) in [5, 5.41) is 0. The van der Waals surface area contributed by atoms with Gasteiger partial charge in [-0.1, -0.05) is 19.3 Å². The first-order chi connectivity index (χ1) is 11.8. The second-order valence-electron chi connectivity index (χ2n) is 6.78. The van der Waals surface area contributed by atoms with E-state index < -0.39 is 0 Å². The molecule has 2 fully saturated rings. The molecule has 1 aromatic heterocycles. The van der Waals surface area contributed by atoms with E-state index in [1.165, 1.54) is 32.1 Å². The molecule has 0 aromatic carbocycles. The summed E-state index contributed by atoms with van der Waals surface area (Å²) in [6.45, 7) is 7.05. The van der Waals surface area contributed by atoms with Gasteiger partial charge in [0, 0.05) is 51.2 Å². The molecule has 0 N–H and O–H groups in total. The predicted molar refractivity (Wildman–Crippen MR) is 94.9 cm³/mol. The van der Waals surface area contributed by atoms with Gasteiger partial charge in [0.1, 0.15) is 0 Å². The number of hydrogen-bond donors (Lipinski definition) is 0. The number of carbonyl (C=O) groups is 1. The zero-order valence-corrected chi connectivity index (χ0v) is 14.7. The number of rotatable bonds is 5. The molecular formula is C18H29N5O. The summed E-state index contributed by atoms with van der Waals surface area (Å²) in [7, 11) is 0. The average molecular weight is 331 g/mol. The van der Waals surface area contributed by atoms with E-state index in [4.69, 9.17) is 0 Å². The van der Waals surface area contributed by atoms with Gasteiger partial charge < -0.3 is 9.80 Å². The van der Waals surface area contributed by atoms with Crippen LogP contribution < -0.4 is 4.90 Å². The molecule has 2 heterocycles. The van der Waals surface area contributed by atoms with Gasteiger partial charge in [-0.25, -0.2) is 9.97 Å². The number of anilines is 1. The lowest BCUT2D eigenvalue weighted by Crippen LogP contribution is -2.52. The maximum absolute atomic E-state index is 12.7. The van der Waals surface area contributed by atoms with Crippen LogP contribution in [0.25, 0.3) is 0 Å². The van der Waals surface area contributed by atoms with Crippen LogP contribution in [0.5, 0.6) is 0 Å². The number of piperazine rings is 1. The van der Waals surface area contributed by atoms with E-state index in [1.807, 2.05) is 6.07 Å². The van der Waals surface area contributed by atoms with Crippen molar-refractivity contribution in [3.63, 3.8) is 0 Å². The van der Waals surface area contributed by atoms with Gasteiger partial charge in [0.15, 0.2) is 0 Å². The number of amides is 1. The number of hydrogen-bond acceptors (Lipinski definition) is 5. The first-order valence-electron chi connectivity index (χ1n) is 9.31. The molecule has 1 saturated carbocycles. The monoisotopic (exact) mass is 331 g/mol. The second kappa shape index (κ2) is 8.42. The van der Waals surface area contributed by atoms with Crippen LogP contribution >= 0.6 is 0 Å². The van der Waals surface area contributed by atoms with Crippen LogP contribution in [0.4, 0.5) is 5.95 Å². The van der Waals surface area contributed by atoms with Crippen LogP contribution in [-0.2, 0) is 4.79 Å². The van der Waals surface area contributed by atoms with Gasteiger partial charge in [-0.3, -0.25) is 9.69 Å². The molecule has 0 atom stereocenters. The van der Waals surface area contributed by atoms with Crippen molar-refractivity contribution in [3.8, 4) is 0 Å². The minimum atomic E-state index is 0.300. The third-order valence-corrected chi connectivity index (χ3v) is 5.24. The van der Waals surface area contributed by atoms with Crippen molar-refractivity contribution in [2.45, 2.75) is 45.1 Å². The summed E-state index contributed by atoms with van der Waals surface area (Å²) in [4.78, 5) is 27.9. The molecule has 2 aliphatic rings. The maximum Gasteiger partial charge on any atom is 0.236 e. The fourth-order valence-electron chi connectivity index (χ4n) is 3.87. The minimum Gasteiger partial charge on any atom is -0.339 e.